The van der Waals surface area contributed by atoms with Crippen LogP contribution in [0.4, 0.5) is 0 Å². The second-order valence-corrected chi connectivity index (χ2v) is 3.42. The Morgan fingerprint density at radius 1 is 1.50 bits per heavy atom. The normalized spacial score (nSPS) is 20.2. The van der Waals surface area contributed by atoms with Gasteiger partial charge in [0.1, 0.15) is 5.82 Å². The standard InChI is InChI=1S/C9H13N3/c1-7-11-6-8(12-7)9(10)4-2-3-5-9/h2-3,6H,4-5,10H2,1H3,(H,11,12). The van der Waals surface area contributed by atoms with Crippen LogP contribution >= 0.6 is 0 Å². The summed E-state index contributed by atoms with van der Waals surface area (Å²) < 4.78 is 0. The van der Waals surface area contributed by atoms with Crippen LogP contribution in [0.25, 0.3) is 0 Å². The minimum atomic E-state index is -0.221. The molecule has 0 amide bonds. The van der Waals surface area contributed by atoms with Gasteiger partial charge in [0.2, 0.25) is 0 Å². The molecular weight excluding hydrogens is 150 g/mol. The summed E-state index contributed by atoms with van der Waals surface area (Å²) in [7, 11) is 0. The molecule has 12 heavy (non-hydrogen) atoms. The number of nitrogens with zero attached hydrogens (tertiary/aromatic N) is 1. The van der Waals surface area contributed by atoms with E-state index in [1.807, 2.05) is 13.1 Å². The van der Waals surface area contributed by atoms with Gasteiger partial charge in [-0.15, -0.1) is 0 Å². The lowest BCUT2D eigenvalue weighted by atomic mass is 9.95. The van der Waals surface area contributed by atoms with Gasteiger partial charge in [-0.2, -0.15) is 0 Å². The van der Waals surface area contributed by atoms with Gasteiger partial charge < -0.3 is 10.7 Å². The van der Waals surface area contributed by atoms with E-state index in [0.29, 0.717) is 0 Å². The molecule has 1 heterocycles. The average Bonchev–Trinajstić information content (AvgIpc) is 2.59. The summed E-state index contributed by atoms with van der Waals surface area (Å²) in [5.74, 6) is 0.932. The summed E-state index contributed by atoms with van der Waals surface area (Å²) in [6.45, 7) is 1.94. The molecule has 1 aliphatic rings. The summed E-state index contributed by atoms with van der Waals surface area (Å²) in [5.41, 5.74) is 6.99. The highest BCUT2D eigenvalue weighted by atomic mass is 15.0. The third kappa shape index (κ3) is 1.06. The van der Waals surface area contributed by atoms with Crippen LogP contribution in [0.15, 0.2) is 18.3 Å². The molecule has 1 aromatic heterocycles. The van der Waals surface area contributed by atoms with Crippen molar-refractivity contribution in [2.75, 3.05) is 0 Å². The van der Waals surface area contributed by atoms with Gasteiger partial charge in [-0.25, -0.2) is 4.98 Å². The number of aryl methyl sites for hydroxylation is 1. The Morgan fingerprint density at radius 2 is 2.17 bits per heavy atom. The van der Waals surface area contributed by atoms with Crippen molar-refractivity contribution in [2.45, 2.75) is 25.3 Å². The van der Waals surface area contributed by atoms with E-state index in [1.54, 1.807) is 0 Å². The first-order chi connectivity index (χ1) is 5.71. The molecule has 1 aliphatic carbocycles. The number of nitrogens with one attached hydrogen (secondary N) is 1. The molecule has 0 saturated carbocycles. The Morgan fingerprint density at radius 3 is 2.67 bits per heavy atom. The molecule has 0 atom stereocenters. The van der Waals surface area contributed by atoms with Crippen molar-refractivity contribution < 1.29 is 0 Å². The number of hydrogen-bond donors (Lipinski definition) is 2. The van der Waals surface area contributed by atoms with Crippen LogP contribution in [-0.4, -0.2) is 9.97 Å². The molecule has 3 heteroatoms. The zero-order valence-electron chi connectivity index (χ0n) is 7.17. The zero-order valence-corrected chi connectivity index (χ0v) is 7.17. The molecule has 0 bridgehead atoms. The summed E-state index contributed by atoms with van der Waals surface area (Å²) in [4.78, 5) is 7.33. The molecule has 3 N–H and O–H groups in total. The highest BCUT2D eigenvalue weighted by Crippen LogP contribution is 2.30. The van der Waals surface area contributed by atoms with Crippen LogP contribution < -0.4 is 5.73 Å². The maximum atomic E-state index is 6.16. The largest absolute Gasteiger partial charge is 0.345 e. The predicted molar refractivity (Wildman–Crippen MR) is 47.6 cm³/mol. The summed E-state index contributed by atoms with van der Waals surface area (Å²) in [6, 6.07) is 0. The van der Waals surface area contributed by atoms with E-state index < -0.39 is 0 Å². The molecule has 0 unspecified atom stereocenters. The fourth-order valence-corrected chi connectivity index (χ4v) is 1.56. The number of imidazole rings is 1. The summed E-state index contributed by atoms with van der Waals surface area (Å²) in [6.07, 6.45) is 7.90. The van der Waals surface area contributed by atoms with Crippen molar-refractivity contribution in [3.8, 4) is 0 Å². The number of rotatable bonds is 1. The topological polar surface area (TPSA) is 54.7 Å². The minimum Gasteiger partial charge on any atom is -0.345 e. The van der Waals surface area contributed by atoms with Crippen molar-refractivity contribution in [1.82, 2.24) is 9.97 Å². The van der Waals surface area contributed by atoms with E-state index in [9.17, 15) is 0 Å². The highest BCUT2D eigenvalue weighted by Gasteiger charge is 2.29. The van der Waals surface area contributed by atoms with Gasteiger partial charge in [0.15, 0.2) is 0 Å². The number of aromatic nitrogens is 2. The highest BCUT2D eigenvalue weighted by molar-refractivity contribution is 5.20. The average molecular weight is 163 g/mol. The van der Waals surface area contributed by atoms with Gasteiger partial charge in [-0.3, -0.25) is 0 Å². The van der Waals surface area contributed by atoms with E-state index in [0.717, 1.165) is 24.4 Å². The molecular formula is C9H13N3. The van der Waals surface area contributed by atoms with E-state index in [1.165, 1.54) is 0 Å². The number of aromatic amines is 1. The minimum absolute atomic E-state index is 0.221. The molecule has 1 aromatic rings. The summed E-state index contributed by atoms with van der Waals surface area (Å²) >= 11 is 0. The maximum Gasteiger partial charge on any atom is 0.103 e. The third-order valence-electron chi connectivity index (χ3n) is 2.37. The van der Waals surface area contributed by atoms with Crippen molar-refractivity contribution >= 4 is 0 Å². The fourth-order valence-electron chi connectivity index (χ4n) is 1.56. The van der Waals surface area contributed by atoms with Crippen LogP contribution in [0.5, 0.6) is 0 Å². The monoisotopic (exact) mass is 163 g/mol. The van der Waals surface area contributed by atoms with E-state index in [-0.39, 0.29) is 5.54 Å². The SMILES string of the molecule is Cc1ncc(C2(N)CC=CC2)[nH]1. The van der Waals surface area contributed by atoms with Gasteiger partial charge in [0.25, 0.3) is 0 Å². The van der Waals surface area contributed by atoms with Gasteiger partial charge in [-0.05, 0) is 19.8 Å². The van der Waals surface area contributed by atoms with Gasteiger partial charge in [0, 0.05) is 0 Å². The van der Waals surface area contributed by atoms with E-state index in [2.05, 4.69) is 22.1 Å². The molecule has 0 fully saturated rings. The molecule has 2 rings (SSSR count). The van der Waals surface area contributed by atoms with Crippen LogP contribution in [0, 0.1) is 6.92 Å². The lowest BCUT2D eigenvalue weighted by Gasteiger charge is -2.21. The van der Waals surface area contributed by atoms with Crippen molar-refractivity contribution in [2.24, 2.45) is 5.73 Å². The van der Waals surface area contributed by atoms with Crippen LogP contribution in [-0.2, 0) is 5.54 Å². The van der Waals surface area contributed by atoms with E-state index in [4.69, 9.17) is 5.73 Å². The Hall–Kier alpha value is -1.09. The first-order valence-corrected chi connectivity index (χ1v) is 4.17. The first kappa shape index (κ1) is 7.55. The Balaban J connectivity index is 2.30. The molecule has 64 valence electrons. The quantitative estimate of drug-likeness (QED) is 0.612. The second kappa shape index (κ2) is 2.45. The number of hydrogen-bond acceptors (Lipinski definition) is 2. The number of H-pyrrole nitrogens is 1. The Kier molecular flexibility index (Phi) is 1.54. The molecule has 0 radical (unpaired) electrons. The first-order valence-electron chi connectivity index (χ1n) is 4.17. The Bertz CT molecular complexity index is 303. The molecule has 0 aromatic carbocycles. The zero-order chi connectivity index (χ0) is 8.60. The van der Waals surface area contributed by atoms with E-state index >= 15 is 0 Å². The van der Waals surface area contributed by atoms with Gasteiger partial charge in [-0.1, -0.05) is 12.2 Å². The van der Waals surface area contributed by atoms with Crippen LogP contribution in [0.2, 0.25) is 0 Å². The molecule has 0 spiro atoms. The van der Waals surface area contributed by atoms with Crippen LogP contribution in [0.1, 0.15) is 24.4 Å². The predicted octanol–water partition coefficient (Wildman–Crippen LogP) is 1.22. The third-order valence-corrected chi connectivity index (χ3v) is 2.37. The summed E-state index contributed by atoms with van der Waals surface area (Å²) in [5, 5.41) is 0. The lowest BCUT2D eigenvalue weighted by Crippen LogP contribution is -2.33. The smallest absolute Gasteiger partial charge is 0.103 e. The van der Waals surface area contributed by atoms with Crippen LogP contribution in [0.3, 0.4) is 0 Å². The van der Waals surface area contributed by atoms with Crippen molar-refractivity contribution in [3.63, 3.8) is 0 Å². The molecule has 3 nitrogen and oxygen atoms in total. The second-order valence-electron chi connectivity index (χ2n) is 3.42. The number of nitrogens with two attached hydrogens (primary N) is 1. The van der Waals surface area contributed by atoms with Crippen molar-refractivity contribution in [3.05, 3.63) is 29.9 Å². The van der Waals surface area contributed by atoms with Crippen molar-refractivity contribution in [1.29, 1.82) is 0 Å². The van der Waals surface area contributed by atoms with Gasteiger partial charge in [0.05, 0.1) is 17.4 Å². The lowest BCUT2D eigenvalue weighted by molar-refractivity contribution is 0.467. The Labute approximate surface area is 71.7 Å². The van der Waals surface area contributed by atoms with Gasteiger partial charge >= 0.3 is 0 Å². The maximum absolute atomic E-state index is 6.16. The molecule has 0 aliphatic heterocycles. The molecule has 0 saturated heterocycles. The fraction of sp³-hybridized carbons (Fsp3) is 0.444.